The van der Waals surface area contributed by atoms with Gasteiger partial charge in [-0.3, -0.25) is 9.59 Å². The smallest absolute Gasteiger partial charge is 0.248 e. The molecule has 0 saturated carbocycles. The molecular weight excluding hydrogens is 402 g/mol. The Balaban J connectivity index is 1.56. The number of piperidine rings is 1. The molecule has 0 unspecified atom stereocenters. The van der Waals surface area contributed by atoms with Crippen molar-refractivity contribution < 1.29 is 19.4 Å². The summed E-state index contributed by atoms with van der Waals surface area (Å²) in [6, 6.07) is 7.83. The number of amides is 2. The number of thiazole rings is 1. The highest BCUT2D eigenvalue weighted by molar-refractivity contribution is 7.09. The summed E-state index contributed by atoms with van der Waals surface area (Å²) in [4.78, 5) is 31.3. The van der Waals surface area contributed by atoms with Gasteiger partial charge in [0.05, 0.1) is 18.2 Å². The summed E-state index contributed by atoms with van der Waals surface area (Å²) in [5.74, 6) is -0.336. The summed E-state index contributed by atoms with van der Waals surface area (Å²) in [6.45, 7) is 3.15. The molecule has 30 heavy (non-hydrogen) atoms. The molecule has 2 heterocycles. The number of hydrogen-bond donors (Lipinski definition) is 2. The number of carbonyl (C=O) groups excluding carboxylic acids is 2. The second kappa shape index (κ2) is 10.7. The van der Waals surface area contributed by atoms with Crippen molar-refractivity contribution >= 4 is 23.2 Å². The molecule has 0 radical (unpaired) electrons. The molecule has 1 aromatic heterocycles. The predicted octanol–water partition coefficient (Wildman–Crippen LogP) is 2.23. The van der Waals surface area contributed by atoms with Crippen molar-refractivity contribution in [2.45, 2.75) is 38.8 Å². The van der Waals surface area contributed by atoms with Gasteiger partial charge in [0.2, 0.25) is 11.8 Å². The van der Waals surface area contributed by atoms with E-state index < -0.39 is 0 Å². The molecule has 0 bridgehead atoms. The third kappa shape index (κ3) is 5.44. The quantitative estimate of drug-likeness (QED) is 0.669. The third-order valence-corrected chi connectivity index (χ3v) is 6.38. The van der Waals surface area contributed by atoms with Crippen LogP contribution in [0.4, 0.5) is 0 Å². The molecule has 1 aliphatic rings. The van der Waals surface area contributed by atoms with E-state index in [1.54, 1.807) is 4.90 Å². The highest BCUT2D eigenvalue weighted by Crippen LogP contribution is 2.25. The molecule has 2 atom stereocenters. The van der Waals surface area contributed by atoms with Gasteiger partial charge in [0.1, 0.15) is 11.6 Å². The predicted molar refractivity (Wildman–Crippen MR) is 116 cm³/mol. The number of nitrogens with one attached hydrogen (secondary N) is 1. The van der Waals surface area contributed by atoms with E-state index in [9.17, 15) is 9.59 Å². The molecule has 0 spiro atoms. The van der Waals surface area contributed by atoms with E-state index in [1.165, 1.54) is 18.4 Å². The monoisotopic (exact) mass is 431 g/mol. The number of aromatic nitrogens is 1. The zero-order chi connectivity index (χ0) is 21.5. The second-order valence-corrected chi connectivity index (χ2v) is 8.47. The fourth-order valence-corrected chi connectivity index (χ4v) is 4.58. The first-order valence-electron chi connectivity index (χ1n) is 10.2. The summed E-state index contributed by atoms with van der Waals surface area (Å²) < 4.78 is 4.95. The van der Waals surface area contributed by atoms with Crippen molar-refractivity contribution in [3.8, 4) is 11.3 Å². The zero-order valence-corrected chi connectivity index (χ0v) is 18.3. The van der Waals surface area contributed by atoms with E-state index in [0.29, 0.717) is 19.5 Å². The van der Waals surface area contributed by atoms with Crippen LogP contribution in [0.3, 0.4) is 0 Å². The summed E-state index contributed by atoms with van der Waals surface area (Å²) in [5.41, 5.74) is 2.98. The Morgan fingerprint density at radius 2 is 2.10 bits per heavy atom. The second-order valence-electron chi connectivity index (χ2n) is 7.52. The van der Waals surface area contributed by atoms with Gasteiger partial charge in [-0.2, -0.15) is 0 Å². The van der Waals surface area contributed by atoms with Gasteiger partial charge >= 0.3 is 0 Å². The van der Waals surface area contributed by atoms with Crippen LogP contribution >= 0.6 is 11.3 Å². The van der Waals surface area contributed by atoms with Crippen LogP contribution < -0.4 is 5.32 Å². The van der Waals surface area contributed by atoms with E-state index in [2.05, 4.69) is 10.3 Å². The number of ether oxygens (including phenoxy) is 1. The molecule has 2 aromatic rings. The number of carbonyl (C=O) groups is 2. The lowest BCUT2D eigenvalue weighted by Gasteiger charge is -2.38. The first-order valence-corrected chi connectivity index (χ1v) is 11.1. The minimum absolute atomic E-state index is 0.0393. The molecule has 3 rings (SSSR count). The van der Waals surface area contributed by atoms with E-state index >= 15 is 0 Å². The third-order valence-electron chi connectivity index (χ3n) is 5.53. The van der Waals surface area contributed by atoms with Crippen molar-refractivity contribution in [3.63, 3.8) is 0 Å². The van der Waals surface area contributed by atoms with Gasteiger partial charge in [-0.15, -0.1) is 11.3 Å². The number of nitrogens with zero attached hydrogens (tertiary/aromatic N) is 2. The fourth-order valence-electron chi connectivity index (χ4n) is 3.84. The van der Waals surface area contributed by atoms with Gasteiger partial charge in [0, 0.05) is 37.2 Å². The standard InChI is InChI=1S/C22H29N3O4S/c1-15-18(4-3-10-25(15)21(27)13-29-2)22(28)23-12-20-24-19(14-30-20)17-7-5-16(6-8-17)9-11-26/h5-8,14-15,18,26H,3-4,9-13H2,1-2H3,(H,23,28)/t15-,18-/m0/s1. The normalized spacial score (nSPS) is 19.0. The van der Waals surface area contributed by atoms with Gasteiger partial charge in [0.25, 0.3) is 0 Å². The van der Waals surface area contributed by atoms with E-state index in [0.717, 1.165) is 34.7 Å². The van der Waals surface area contributed by atoms with Crippen LogP contribution in [0.1, 0.15) is 30.3 Å². The Bertz CT molecular complexity index is 852. The van der Waals surface area contributed by atoms with Gasteiger partial charge in [-0.05, 0) is 31.7 Å². The number of likely N-dealkylation sites (tertiary alicyclic amines) is 1. The summed E-state index contributed by atoms with van der Waals surface area (Å²) in [7, 11) is 1.50. The van der Waals surface area contributed by atoms with Crippen molar-refractivity contribution in [2.75, 3.05) is 26.9 Å². The van der Waals surface area contributed by atoms with Crippen molar-refractivity contribution in [1.29, 1.82) is 0 Å². The van der Waals surface area contributed by atoms with Crippen molar-refractivity contribution in [2.24, 2.45) is 5.92 Å². The number of rotatable bonds is 8. The first-order chi connectivity index (χ1) is 14.5. The van der Waals surface area contributed by atoms with Crippen molar-refractivity contribution in [3.05, 3.63) is 40.2 Å². The van der Waals surface area contributed by atoms with Crippen LogP contribution in [0.2, 0.25) is 0 Å². The molecule has 2 amide bonds. The number of hydrogen-bond acceptors (Lipinski definition) is 6. The Morgan fingerprint density at radius 1 is 1.33 bits per heavy atom. The number of aliphatic hydroxyl groups is 1. The van der Waals surface area contributed by atoms with Crippen LogP contribution in [0.5, 0.6) is 0 Å². The minimum Gasteiger partial charge on any atom is -0.396 e. The van der Waals surface area contributed by atoms with Crippen molar-refractivity contribution in [1.82, 2.24) is 15.2 Å². The summed E-state index contributed by atoms with van der Waals surface area (Å²) in [6.07, 6.45) is 2.22. The first kappa shape index (κ1) is 22.4. The maximum absolute atomic E-state index is 12.8. The maximum Gasteiger partial charge on any atom is 0.248 e. The molecule has 7 nitrogen and oxygen atoms in total. The Labute approximate surface area is 181 Å². The fraction of sp³-hybridized carbons (Fsp3) is 0.500. The molecule has 0 aliphatic carbocycles. The van der Waals surface area contributed by atoms with Gasteiger partial charge in [-0.25, -0.2) is 4.98 Å². The number of aliphatic hydroxyl groups excluding tert-OH is 1. The highest BCUT2D eigenvalue weighted by atomic mass is 32.1. The SMILES string of the molecule is COCC(=O)N1CCC[C@H](C(=O)NCc2nc(-c3ccc(CCO)cc3)cs2)[C@@H]1C. The van der Waals surface area contributed by atoms with E-state index in [1.807, 2.05) is 36.6 Å². The lowest BCUT2D eigenvalue weighted by molar-refractivity contribution is -0.142. The summed E-state index contributed by atoms with van der Waals surface area (Å²) in [5, 5.41) is 14.8. The topological polar surface area (TPSA) is 91.8 Å². The zero-order valence-electron chi connectivity index (χ0n) is 17.5. The Hall–Kier alpha value is -2.29. The summed E-state index contributed by atoms with van der Waals surface area (Å²) >= 11 is 1.51. The van der Waals surface area contributed by atoms with Crippen LogP contribution in [0.15, 0.2) is 29.6 Å². The lowest BCUT2D eigenvalue weighted by atomic mass is 9.89. The number of methoxy groups -OCH3 is 1. The van der Waals surface area contributed by atoms with Crippen LogP contribution in [0.25, 0.3) is 11.3 Å². The molecular formula is C22H29N3O4S. The highest BCUT2D eigenvalue weighted by Gasteiger charge is 2.35. The molecule has 162 valence electrons. The Kier molecular flexibility index (Phi) is 7.95. The van der Waals surface area contributed by atoms with Crippen LogP contribution in [-0.2, 0) is 27.3 Å². The van der Waals surface area contributed by atoms with E-state index in [4.69, 9.17) is 9.84 Å². The van der Waals surface area contributed by atoms with Crippen LogP contribution in [0, 0.1) is 5.92 Å². The average molecular weight is 432 g/mol. The van der Waals surface area contributed by atoms with Crippen LogP contribution in [-0.4, -0.2) is 59.7 Å². The minimum atomic E-state index is -0.224. The molecule has 2 N–H and O–H groups in total. The molecule has 1 saturated heterocycles. The average Bonchev–Trinajstić information content (AvgIpc) is 3.22. The van der Waals surface area contributed by atoms with Gasteiger partial charge < -0.3 is 20.1 Å². The largest absolute Gasteiger partial charge is 0.396 e. The van der Waals surface area contributed by atoms with E-state index in [-0.39, 0.29) is 37.0 Å². The molecule has 8 heteroatoms. The Morgan fingerprint density at radius 3 is 2.80 bits per heavy atom. The van der Waals surface area contributed by atoms with Gasteiger partial charge in [-0.1, -0.05) is 24.3 Å². The van der Waals surface area contributed by atoms with Gasteiger partial charge in [0.15, 0.2) is 0 Å². The molecule has 1 aromatic carbocycles. The maximum atomic E-state index is 12.8. The number of benzene rings is 1. The molecule has 1 aliphatic heterocycles. The molecule has 1 fully saturated rings. The lowest BCUT2D eigenvalue weighted by Crippen LogP contribution is -2.52.